The summed E-state index contributed by atoms with van der Waals surface area (Å²) < 4.78 is 4.59. The first-order valence-corrected chi connectivity index (χ1v) is 17.0. The van der Waals surface area contributed by atoms with Crippen LogP contribution < -0.4 is 5.32 Å². The number of aliphatic imine (C=N–C) groups is 2. The number of amidine groups is 1. The van der Waals surface area contributed by atoms with Gasteiger partial charge in [-0.25, -0.2) is 4.99 Å². The highest BCUT2D eigenvalue weighted by Crippen LogP contribution is 2.36. The fourth-order valence-electron chi connectivity index (χ4n) is 7.48. The summed E-state index contributed by atoms with van der Waals surface area (Å²) in [6.07, 6.45) is -0.280. The van der Waals surface area contributed by atoms with Crippen LogP contribution in [0, 0.1) is 0 Å². The second kappa shape index (κ2) is 11.5. The van der Waals surface area contributed by atoms with Crippen LogP contribution in [-0.4, -0.2) is 20.9 Å². The van der Waals surface area contributed by atoms with Gasteiger partial charge < -0.3 is 9.88 Å². The average molecular weight is 642 g/mol. The van der Waals surface area contributed by atoms with E-state index in [2.05, 4.69) is 166 Å². The maximum atomic E-state index is 5.22. The second-order valence-corrected chi connectivity index (χ2v) is 12.7. The Kier molecular flexibility index (Phi) is 6.49. The number of fused-ring (bicyclic) bond motifs is 6. The van der Waals surface area contributed by atoms with Gasteiger partial charge in [0, 0.05) is 32.8 Å². The van der Waals surface area contributed by atoms with Crippen LogP contribution in [0.1, 0.15) is 17.3 Å². The van der Waals surface area contributed by atoms with Gasteiger partial charge in [0.15, 0.2) is 0 Å². The summed E-state index contributed by atoms with van der Waals surface area (Å²) in [6, 6.07) is 62.1. The molecule has 50 heavy (non-hydrogen) atoms. The zero-order valence-electron chi connectivity index (χ0n) is 27.1. The van der Waals surface area contributed by atoms with Crippen molar-refractivity contribution in [2.24, 2.45) is 9.98 Å². The molecule has 0 fully saturated rings. The summed E-state index contributed by atoms with van der Waals surface area (Å²) in [7, 11) is 0. The molecule has 7 aromatic carbocycles. The van der Waals surface area contributed by atoms with Gasteiger partial charge in [-0.3, -0.25) is 4.57 Å². The summed E-state index contributed by atoms with van der Waals surface area (Å²) in [5.74, 6) is 1.46. The van der Waals surface area contributed by atoms with Gasteiger partial charge >= 0.3 is 0 Å². The Morgan fingerprint density at radius 3 is 1.66 bits per heavy atom. The van der Waals surface area contributed by atoms with E-state index in [1.54, 1.807) is 0 Å². The summed E-state index contributed by atoms with van der Waals surface area (Å²) in [5, 5.41) is 8.44. The third-order valence-electron chi connectivity index (χ3n) is 9.78. The van der Waals surface area contributed by atoms with Crippen molar-refractivity contribution in [2.75, 3.05) is 0 Å². The molecule has 1 atom stereocenters. The SMILES string of the molecule is c1ccc(C2=NC(n3c4ccccc4c4cc(-c5cccc(-n6c7ccccc7c7ccccc76)c5)ccc43)=NC(c3ccccc3)N2)cc1. The molecule has 0 aliphatic carbocycles. The van der Waals surface area contributed by atoms with E-state index < -0.39 is 0 Å². The van der Waals surface area contributed by atoms with E-state index >= 15 is 0 Å². The predicted octanol–water partition coefficient (Wildman–Crippen LogP) is 10.5. The number of nitrogens with one attached hydrogen (secondary N) is 1. The zero-order valence-corrected chi connectivity index (χ0v) is 27.1. The number of hydrogen-bond acceptors (Lipinski definition) is 3. The second-order valence-electron chi connectivity index (χ2n) is 12.7. The van der Waals surface area contributed by atoms with Crippen molar-refractivity contribution < 1.29 is 0 Å². The van der Waals surface area contributed by atoms with Crippen LogP contribution in [-0.2, 0) is 0 Å². The van der Waals surface area contributed by atoms with Gasteiger partial charge in [-0.2, -0.15) is 4.99 Å². The van der Waals surface area contributed by atoms with E-state index in [9.17, 15) is 0 Å². The topological polar surface area (TPSA) is 46.6 Å². The van der Waals surface area contributed by atoms with Crippen LogP contribution in [0.2, 0.25) is 0 Å². The van der Waals surface area contributed by atoms with Crippen LogP contribution in [0.15, 0.2) is 186 Å². The molecule has 1 aliphatic heterocycles. The van der Waals surface area contributed by atoms with Crippen LogP contribution in [0.25, 0.3) is 60.4 Å². The standard InChI is InChI=1S/C45H31N5/c1-3-14-30(15-4-1)43-46-44(31-16-5-2-6-17-31)48-45(47-43)50-41-25-12-9-22-37(41)38-29-33(26-27-42(38)50)32-18-13-19-34(28-32)49-39-23-10-7-20-35(39)36-21-8-11-24-40(36)49/h1-29,43H,(H,46,47,48). The average Bonchev–Trinajstić information content (AvgIpc) is 3.71. The molecule has 5 heteroatoms. The maximum absolute atomic E-state index is 5.22. The first-order valence-electron chi connectivity index (χ1n) is 17.0. The molecule has 0 saturated carbocycles. The highest BCUT2D eigenvalue weighted by Gasteiger charge is 2.24. The van der Waals surface area contributed by atoms with Crippen molar-refractivity contribution >= 4 is 55.4 Å². The lowest BCUT2D eigenvalue weighted by atomic mass is 10.0. The molecule has 0 saturated heterocycles. The molecule has 3 heterocycles. The maximum Gasteiger partial charge on any atom is 0.234 e. The van der Waals surface area contributed by atoms with Crippen molar-refractivity contribution in [3.8, 4) is 16.8 Å². The van der Waals surface area contributed by atoms with Crippen LogP contribution in [0.3, 0.4) is 0 Å². The lowest BCUT2D eigenvalue weighted by Crippen LogP contribution is -2.35. The van der Waals surface area contributed by atoms with Gasteiger partial charge in [0.05, 0.1) is 22.1 Å². The predicted molar refractivity (Wildman–Crippen MR) is 207 cm³/mol. The van der Waals surface area contributed by atoms with E-state index in [1.807, 2.05) is 24.3 Å². The van der Waals surface area contributed by atoms with Gasteiger partial charge in [-0.1, -0.05) is 133 Å². The summed E-state index contributed by atoms with van der Waals surface area (Å²) in [6.45, 7) is 0. The summed E-state index contributed by atoms with van der Waals surface area (Å²) in [4.78, 5) is 10.4. The molecule has 10 rings (SSSR count). The quantitative estimate of drug-likeness (QED) is 0.204. The van der Waals surface area contributed by atoms with E-state index in [0.29, 0.717) is 5.96 Å². The fourth-order valence-corrected chi connectivity index (χ4v) is 7.48. The lowest BCUT2D eigenvalue weighted by molar-refractivity contribution is 0.668. The molecular formula is C45H31N5. The Morgan fingerprint density at radius 1 is 0.420 bits per heavy atom. The molecule has 0 spiro atoms. The smallest absolute Gasteiger partial charge is 0.234 e. The minimum Gasteiger partial charge on any atom is -0.344 e. The van der Waals surface area contributed by atoms with E-state index in [-0.39, 0.29) is 6.17 Å². The van der Waals surface area contributed by atoms with Crippen molar-refractivity contribution in [1.29, 1.82) is 0 Å². The Labute approximate surface area is 289 Å². The van der Waals surface area contributed by atoms with Gasteiger partial charge in [0.1, 0.15) is 12.0 Å². The van der Waals surface area contributed by atoms with E-state index in [1.165, 1.54) is 21.8 Å². The highest BCUT2D eigenvalue weighted by atomic mass is 15.3. The largest absolute Gasteiger partial charge is 0.344 e. The number of para-hydroxylation sites is 3. The fraction of sp³-hybridized carbons (Fsp3) is 0.0222. The molecule has 1 aliphatic rings. The van der Waals surface area contributed by atoms with Crippen LogP contribution >= 0.6 is 0 Å². The van der Waals surface area contributed by atoms with Crippen molar-refractivity contribution in [2.45, 2.75) is 6.17 Å². The normalized spacial score (nSPS) is 14.6. The molecule has 2 aromatic heterocycles. The minimum atomic E-state index is -0.280. The minimum absolute atomic E-state index is 0.280. The van der Waals surface area contributed by atoms with Crippen molar-refractivity contribution in [1.82, 2.24) is 14.5 Å². The molecule has 1 unspecified atom stereocenters. The monoisotopic (exact) mass is 641 g/mol. The number of benzene rings is 7. The molecule has 9 aromatic rings. The lowest BCUT2D eigenvalue weighted by Gasteiger charge is -2.24. The van der Waals surface area contributed by atoms with Gasteiger partial charge in [0.25, 0.3) is 0 Å². The molecule has 236 valence electrons. The molecule has 0 radical (unpaired) electrons. The van der Waals surface area contributed by atoms with Crippen LogP contribution in [0.5, 0.6) is 0 Å². The third kappa shape index (κ3) is 4.55. The Hall–Kier alpha value is -6.72. The first-order chi connectivity index (χ1) is 24.8. The molecule has 0 bridgehead atoms. The summed E-state index contributed by atoms with van der Waals surface area (Å²) in [5.41, 5.74) is 10.1. The Balaban J connectivity index is 1.14. The van der Waals surface area contributed by atoms with Crippen molar-refractivity contribution in [3.63, 3.8) is 0 Å². The number of rotatable bonds is 4. The molecule has 1 N–H and O–H groups in total. The molecular weight excluding hydrogens is 611 g/mol. The van der Waals surface area contributed by atoms with E-state index in [0.717, 1.165) is 55.6 Å². The third-order valence-corrected chi connectivity index (χ3v) is 9.78. The Bertz CT molecular complexity index is 2730. The highest BCUT2D eigenvalue weighted by molar-refractivity contribution is 6.17. The van der Waals surface area contributed by atoms with Gasteiger partial charge in [-0.15, -0.1) is 0 Å². The Morgan fingerprint density at radius 2 is 0.960 bits per heavy atom. The van der Waals surface area contributed by atoms with Crippen LogP contribution in [0.4, 0.5) is 0 Å². The molecule has 5 nitrogen and oxygen atoms in total. The van der Waals surface area contributed by atoms with Crippen molar-refractivity contribution in [3.05, 3.63) is 187 Å². The number of hydrogen-bond donors (Lipinski definition) is 1. The molecule has 0 amide bonds. The summed E-state index contributed by atoms with van der Waals surface area (Å²) >= 11 is 0. The number of nitrogens with zero attached hydrogens (tertiary/aromatic N) is 4. The van der Waals surface area contributed by atoms with E-state index in [4.69, 9.17) is 9.98 Å². The van der Waals surface area contributed by atoms with Gasteiger partial charge in [-0.05, 0) is 59.2 Å². The number of aromatic nitrogens is 2. The zero-order chi connectivity index (χ0) is 33.0. The van der Waals surface area contributed by atoms with Gasteiger partial charge in [0.2, 0.25) is 5.96 Å². The first kappa shape index (κ1) is 28.3.